The van der Waals surface area contributed by atoms with Crippen LogP contribution in [-0.2, 0) is 6.42 Å². The molecule has 0 amide bonds. The summed E-state index contributed by atoms with van der Waals surface area (Å²) < 4.78 is 15.7. The first-order valence-electron chi connectivity index (χ1n) is 8.16. The molecule has 0 aliphatic carbocycles. The van der Waals surface area contributed by atoms with E-state index in [0.29, 0.717) is 6.04 Å². The predicted octanol–water partition coefficient (Wildman–Crippen LogP) is 4.63. The Labute approximate surface area is 136 Å². The average Bonchev–Trinajstić information content (AvgIpc) is 2.86. The van der Waals surface area contributed by atoms with Gasteiger partial charge in [-0.3, -0.25) is 4.90 Å². The van der Waals surface area contributed by atoms with E-state index in [4.69, 9.17) is 0 Å². The highest BCUT2D eigenvalue weighted by Gasteiger charge is 2.28. The van der Waals surface area contributed by atoms with Gasteiger partial charge in [0, 0.05) is 29.4 Å². The van der Waals surface area contributed by atoms with Gasteiger partial charge in [0.25, 0.3) is 0 Å². The summed E-state index contributed by atoms with van der Waals surface area (Å²) in [7, 11) is 2.17. The van der Waals surface area contributed by atoms with Crippen molar-refractivity contribution in [1.29, 1.82) is 0 Å². The molecule has 0 N–H and O–H groups in total. The monoisotopic (exact) mass is 308 g/mol. The summed E-state index contributed by atoms with van der Waals surface area (Å²) in [5, 5.41) is 1.34. The van der Waals surface area contributed by atoms with Crippen LogP contribution in [0.2, 0.25) is 0 Å². The van der Waals surface area contributed by atoms with Crippen molar-refractivity contribution in [2.45, 2.75) is 26.3 Å². The molecule has 0 radical (unpaired) electrons. The maximum absolute atomic E-state index is 13.4. The Morgan fingerprint density at radius 2 is 1.83 bits per heavy atom. The molecule has 0 spiro atoms. The van der Waals surface area contributed by atoms with Crippen molar-refractivity contribution < 1.29 is 4.39 Å². The van der Waals surface area contributed by atoms with Crippen LogP contribution in [0, 0.1) is 12.7 Å². The third kappa shape index (κ3) is 2.19. The number of aryl methyl sites for hydroxylation is 1. The number of benzene rings is 2. The van der Waals surface area contributed by atoms with Gasteiger partial charge in [0.15, 0.2) is 0 Å². The minimum absolute atomic E-state index is 0.194. The molecule has 4 rings (SSSR count). The third-order valence-corrected chi connectivity index (χ3v) is 5.12. The van der Waals surface area contributed by atoms with Crippen LogP contribution in [-0.4, -0.2) is 23.1 Å². The lowest BCUT2D eigenvalue weighted by Crippen LogP contribution is -2.31. The number of hydrogen-bond donors (Lipinski definition) is 0. The predicted molar refractivity (Wildman–Crippen MR) is 92.7 cm³/mol. The van der Waals surface area contributed by atoms with Gasteiger partial charge in [-0.05, 0) is 69.3 Å². The fraction of sp³-hybridized carbons (Fsp3) is 0.300. The zero-order valence-corrected chi connectivity index (χ0v) is 13.8. The van der Waals surface area contributed by atoms with Gasteiger partial charge >= 0.3 is 0 Å². The summed E-state index contributed by atoms with van der Waals surface area (Å²) in [6.07, 6.45) is 1.06. The van der Waals surface area contributed by atoms with E-state index in [2.05, 4.69) is 48.6 Å². The molecule has 1 aliphatic rings. The highest BCUT2D eigenvalue weighted by atomic mass is 19.1. The van der Waals surface area contributed by atoms with Crippen molar-refractivity contribution >= 4 is 10.9 Å². The van der Waals surface area contributed by atoms with Crippen molar-refractivity contribution in [3.63, 3.8) is 0 Å². The topological polar surface area (TPSA) is 8.17 Å². The highest BCUT2D eigenvalue weighted by molar-refractivity contribution is 5.88. The number of hydrogen-bond acceptors (Lipinski definition) is 1. The van der Waals surface area contributed by atoms with Gasteiger partial charge in [-0.1, -0.05) is 11.6 Å². The van der Waals surface area contributed by atoms with E-state index in [1.807, 2.05) is 12.1 Å². The molecule has 0 bridgehead atoms. The first kappa shape index (κ1) is 14.5. The van der Waals surface area contributed by atoms with E-state index in [-0.39, 0.29) is 5.82 Å². The Balaban J connectivity index is 2.07. The van der Waals surface area contributed by atoms with Crippen LogP contribution in [0.3, 0.4) is 0 Å². The van der Waals surface area contributed by atoms with Crippen molar-refractivity contribution in [3.05, 3.63) is 65.1 Å². The number of fused-ring (bicyclic) bond motifs is 3. The normalized spacial score (nSPS) is 18.3. The maximum atomic E-state index is 13.4. The SMILES string of the molecule is Cc1ccc2c(c1)c1c(n2-c2ccc(F)cc2)C(C)N(C)CC1. The first-order chi connectivity index (χ1) is 11.1. The Bertz CT molecular complexity index is 877. The Kier molecular flexibility index (Phi) is 3.27. The second kappa shape index (κ2) is 5.20. The molecule has 1 unspecified atom stereocenters. The molecule has 2 heterocycles. The van der Waals surface area contributed by atoms with E-state index in [9.17, 15) is 4.39 Å². The van der Waals surface area contributed by atoms with Crippen LogP contribution in [0.1, 0.15) is 29.8 Å². The van der Waals surface area contributed by atoms with Crippen molar-refractivity contribution in [2.24, 2.45) is 0 Å². The number of aromatic nitrogens is 1. The number of likely N-dealkylation sites (N-methyl/N-ethyl adjacent to an activating group) is 1. The van der Waals surface area contributed by atoms with Gasteiger partial charge in [0.1, 0.15) is 5.82 Å². The second-order valence-electron chi connectivity index (χ2n) is 6.60. The summed E-state index contributed by atoms with van der Waals surface area (Å²) in [6, 6.07) is 13.8. The number of halogens is 1. The van der Waals surface area contributed by atoms with Gasteiger partial charge in [-0.2, -0.15) is 0 Å². The van der Waals surface area contributed by atoms with Crippen molar-refractivity contribution in [2.75, 3.05) is 13.6 Å². The molecule has 0 fully saturated rings. The van der Waals surface area contributed by atoms with E-state index in [0.717, 1.165) is 18.7 Å². The quantitative estimate of drug-likeness (QED) is 0.636. The van der Waals surface area contributed by atoms with Gasteiger partial charge in [0.2, 0.25) is 0 Å². The standard InChI is InChI=1S/C20H21FN2/c1-13-4-9-19-18(12-13)17-10-11-22(3)14(2)20(17)23(19)16-7-5-15(21)6-8-16/h4-9,12,14H,10-11H2,1-3H3. The summed E-state index contributed by atoms with van der Waals surface area (Å²) in [4.78, 5) is 2.38. The van der Waals surface area contributed by atoms with Gasteiger partial charge < -0.3 is 4.57 Å². The van der Waals surface area contributed by atoms with Crippen LogP contribution >= 0.6 is 0 Å². The lowest BCUT2D eigenvalue weighted by atomic mass is 9.98. The minimum Gasteiger partial charge on any atom is -0.312 e. The minimum atomic E-state index is -0.194. The van der Waals surface area contributed by atoms with Crippen molar-refractivity contribution in [3.8, 4) is 5.69 Å². The summed E-state index contributed by atoms with van der Waals surface area (Å²) in [5.41, 5.74) is 6.31. The van der Waals surface area contributed by atoms with E-state index in [1.54, 1.807) is 12.1 Å². The summed E-state index contributed by atoms with van der Waals surface area (Å²) in [6.45, 7) is 5.47. The smallest absolute Gasteiger partial charge is 0.123 e. The van der Waals surface area contributed by atoms with Gasteiger partial charge in [-0.15, -0.1) is 0 Å². The molecular formula is C20H21FN2. The first-order valence-corrected chi connectivity index (χ1v) is 8.16. The maximum Gasteiger partial charge on any atom is 0.123 e. The molecule has 23 heavy (non-hydrogen) atoms. The van der Waals surface area contributed by atoms with Crippen LogP contribution in [0.5, 0.6) is 0 Å². The lowest BCUT2D eigenvalue weighted by molar-refractivity contribution is 0.241. The van der Waals surface area contributed by atoms with E-state index < -0.39 is 0 Å². The van der Waals surface area contributed by atoms with Gasteiger partial charge in [-0.25, -0.2) is 4.39 Å². The summed E-state index contributed by atoms with van der Waals surface area (Å²) >= 11 is 0. The average molecular weight is 308 g/mol. The lowest BCUT2D eigenvalue weighted by Gasteiger charge is -2.31. The molecule has 2 aromatic carbocycles. The fourth-order valence-electron chi connectivity index (χ4n) is 3.75. The Morgan fingerprint density at radius 1 is 1.09 bits per heavy atom. The molecule has 1 aromatic heterocycles. The highest BCUT2D eigenvalue weighted by Crippen LogP contribution is 2.38. The summed E-state index contributed by atoms with van der Waals surface area (Å²) in [5.74, 6) is -0.194. The zero-order chi connectivity index (χ0) is 16.1. The fourth-order valence-corrected chi connectivity index (χ4v) is 3.75. The van der Waals surface area contributed by atoms with Crippen LogP contribution in [0.25, 0.3) is 16.6 Å². The molecule has 118 valence electrons. The Morgan fingerprint density at radius 3 is 2.57 bits per heavy atom. The third-order valence-electron chi connectivity index (χ3n) is 5.12. The number of nitrogens with zero attached hydrogens (tertiary/aromatic N) is 2. The zero-order valence-electron chi connectivity index (χ0n) is 13.8. The number of rotatable bonds is 1. The Hall–Kier alpha value is -2.13. The molecule has 3 heteroatoms. The van der Waals surface area contributed by atoms with Gasteiger partial charge in [0.05, 0.1) is 5.52 Å². The van der Waals surface area contributed by atoms with Crippen molar-refractivity contribution in [1.82, 2.24) is 9.47 Å². The molecule has 0 saturated carbocycles. The molecule has 2 nitrogen and oxygen atoms in total. The molecule has 1 aliphatic heterocycles. The van der Waals surface area contributed by atoms with Crippen LogP contribution in [0.15, 0.2) is 42.5 Å². The second-order valence-corrected chi connectivity index (χ2v) is 6.60. The molecule has 1 atom stereocenters. The largest absolute Gasteiger partial charge is 0.312 e. The molecule has 0 saturated heterocycles. The molecular weight excluding hydrogens is 287 g/mol. The van der Waals surface area contributed by atoms with E-state index >= 15 is 0 Å². The van der Waals surface area contributed by atoms with Crippen LogP contribution in [0.4, 0.5) is 4.39 Å². The molecule has 3 aromatic rings. The van der Waals surface area contributed by atoms with Crippen LogP contribution < -0.4 is 0 Å². The van der Waals surface area contributed by atoms with E-state index in [1.165, 1.54) is 27.7 Å².